The summed E-state index contributed by atoms with van der Waals surface area (Å²) in [4.78, 5) is 0. The van der Waals surface area contributed by atoms with E-state index in [1.54, 1.807) is 12.1 Å². The minimum absolute atomic E-state index is 0. The van der Waals surface area contributed by atoms with Gasteiger partial charge in [0, 0.05) is 18.7 Å². The van der Waals surface area contributed by atoms with E-state index in [4.69, 9.17) is 0 Å². The molecular formula is C17H22BrNO4. The summed E-state index contributed by atoms with van der Waals surface area (Å²) in [7, 11) is 0. The lowest BCUT2D eigenvalue weighted by molar-refractivity contribution is 0.170. The molecule has 0 fully saturated rings. The predicted octanol–water partition coefficient (Wildman–Crippen LogP) is 2.64. The Labute approximate surface area is 146 Å². The van der Waals surface area contributed by atoms with Gasteiger partial charge in [-0.15, -0.1) is 17.0 Å². The summed E-state index contributed by atoms with van der Waals surface area (Å²) in [5.41, 5.74) is 1.55. The van der Waals surface area contributed by atoms with Crippen LogP contribution in [0.25, 0.3) is 0 Å². The summed E-state index contributed by atoms with van der Waals surface area (Å²) in [5, 5.41) is 41.4. The fourth-order valence-electron chi connectivity index (χ4n) is 2.30. The number of halogens is 1. The molecule has 0 heterocycles. The van der Waals surface area contributed by atoms with E-state index in [2.05, 4.69) is 5.32 Å². The minimum Gasteiger partial charge on any atom is -0.508 e. The molecule has 6 heteroatoms. The lowest BCUT2D eigenvalue weighted by Crippen LogP contribution is -2.32. The van der Waals surface area contributed by atoms with E-state index in [0.29, 0.717) is 12.1 Å². The maximum atomic E-state index is 10.1. The summed E-state index contributed by atoms with van der Waals surface area (Å²) >= 11 is 0. The molecule has 5 N–H and O–H groups in total. The molecule has 0 spiro atoms. The van der Waals surface area contributed by atoms with E-state index in [1.807, 2.05) is 19.1 Å². The van der Waals surface area contributed by atoms with Crippen LogP contribution in [0.1, 0.15) is 24.2 Å². The zero-order valence-electron chi connectivity index (χ0n) is 12.8. The lowest BCUT2D eigenvalue weighted by Gasteiger charge is -2.18. The Morgan fingerprint density at radius 1 is 0.913 bits per heavy atom. The molecule has 0 radical (unpaired) electrons. The second kappa shape index (κ2) is 8.76. The van der Waals surface area contributed by atoms with Crippen molar-refractivity contribution < 1.29 is 20.4 Å². The Morgan fingerprint density at radius 3 is 2.04 bits per heavy atom. The third-order valence-electron chi connectivity index (χ3n) is 3.45. The number of benzene rings is 2. The van der Waals surface area contributed by atoms with E-state index in [1.165, 1.54) is 18.2 Å². The fourth-order valence-corrected chi connectivity index (χ4v) is 2.30. The lowest BCUT2D eigenvalue weighted by atomic mass is 10.1. The number of rotatable bonds is 6. The molecular weight excluding hydrogens is 362 g/mol. The highest BCUT2D eigenvalue weighted by Crippen LogP contribution is 2.24. The Balaban J connectivity index is 0.00000264. The average Bonchev–Trinajstić information content (AvgIpc) is 2.46. The molecule has 2 aromatic carbocycles. The molecule has 2 atom stereocenters. The van der Waals surface area contributed by atoms with Crippen LogP contribution in [0.3, 0.4) is 0 Å². The summed E-state index contributed by atoms with van der Waals surface area (Å²) in [5.74, 6) is 0.0841. The number of hydrogen-bond donors (Lipinski definition) is 5. The molecule has 0 aliphatic heterocycles. The van der Waals surface area contributed by atoms with Crippen LogP contribution in [0.5, 0.6) is 17.2 Å². The van der Waals surface area contributed by atoms with Gasteiger partial charge in [-0.1, -0.05) is 12.1 Å². The maximum Gasteiger partial charge on any atom is 0.119 e. The Bertz CT molecular complexity index is 598. The molecule has 0 bridgehead atoms. The number of phenolic OH excluding ortho intramolecular Hbond substituents is 3. The molecule has 126 valence electrons. The molecule has 0 aromatic heterocycles. The zero-order chi connectivity index (χ0) is 16.1. The normalized spacial score (nSPS) is 13.1. The third kappa shape index (κ3) is 6.09. The molecule has 2 unspecified atom stereocenters. The van der Waals surface area contributed by atoms with Gasteiger partial charge in [0.1, 0.15) is 17.2 Å². The monoisotopic (exact) mass is 383 g/mol. The number of hydrogen-bond acceptors (Lipinski definition) is 5. The van der Waals surface area contributed by atoms with Crippen LogP contribution < -0.4 is 5.32 Å². The highest BCUT2D eigenvalue weighted by atomic mass is 79.9. The number of nitrogens with one attached hydrogen (secondary N) is 1. The van der Waals surface area contributed by atoms with Crippen molar-refractivity contribution in [3.8, 4) is 17.2 Å². The first-order valence-corrected chi connectivity index (χ1v) is 7.16. The van der Waals surface area contributed by atoms with E-state index < -0.39 is 6.10 Å². The maximum absolute atomic E-state index is 10.1. The summed E-state index contributed by atoms with van der Waals surface area (Å²) in [6, 6.07) is 11.2. The summed E-state index contributed by atoms with van der Waals surface area (Å²) in [6.07, 6.45) is -0.0570. The Morgan fingerprint density at radius 2 is 1.48 bits per heavy atom. The van der Waals surface area contributed by atoms with Gasteiger partial charge in [0.2, 0.25) is 0 Å². The van der Waals surface area contributed by atoms with Crippen LogP contribution in [0, 0.1) is 0 Å². The van der Waals surface area contributed by atoms with E-state index in [9.17, 15) is 20.4 Å². The SMILES string of the molecule is Br.CC(Cc1ccc(O)cc1)NCC(O)c1cc(O)cc(O)c1. The van der Waals surface area contributed by atoms with Gasteiger partial charge in [-0.25, -0.2) is 0 Å². The van der Waals surface area contributed by atoms with Gasteiger partial charge < -0.3 is 25.7 Å². The minimum atomic E-state index is -0.819. The zero-order valence-corrected chi connectivity index (χ0v) is 14.5. The highest BCUT2D eigenvalue weighted by Gasteiger charge is 2.12. The van der Waals surface area contributed by atoms with Crippen molar-refractivity contribution in [2.24, 2.45) is 0 Å². The molecule has 0 aliphatic carbocycles. The Hall–Kier alpha value is -1.76. The molecule has 0 amide bonds. The van der Waals surface area contributed by atoms with Gasteiger partial charge >= 0.3 is 0 Å². The second-order valence-electron chi connectivity index (χ2n) is 5.48. The van der Waals surface area contributed by atoms with Crippen LogP contribution in [-0.4, -0.2) is 33.0 Å². The van der Waals surface area contributed by atoms with Crippen molar-refractivity contribution in [1.29, 1.82) is 0 Å². The molecule has 0 saturated heterocycles. The molecule has 2 rings (SSSR count). The topological polar surface area (TPSA) is 93.0 Å². The highest BCUT2D eigenvalue weighted by molar-refractivity contribution is 8.93. The molecule has 0 aliphatic rings. The number of aliphatic hydroxyl groups excluding tert-OH is 1. The van der Waals surface area contributed by atoms with Crippen molar-refractivity contribution >= 4 is 17.0 Å². The van der Waals surface area contributed by atoms with Crippen LogP contribution >= 0.6 is 17.0 Å². The van der Waals surface area contributed by atoms with Crippen molar-refractivity contribution in [3.05, 3.63) is 53.6 Å². The molecule has 23 heavy (non-hydrogen) atoms. The first-order valence-electron chi connectivity index (χ1n) is 7.16. The molecule has 5 nitrogen and oxygen atoms in total. The van der Waals surface area contributed by atoms with Crippen molar-refractivity contribution in [1.82, 2.24) is 5.32 Å². The van der Waals surface area contributed by atoms with E-state index in [-0.39, 0.29) is 40.3 Å². The van der Waals surface area contributed by atoms with Crippen LogP contribution in [0.15, 0.2) is 42.5 Å². The van der Waals surface area contributed by atoms with Crippen molar-refractivity contribution in [2.75, 3.05) is 6.54 Å². The smallest absolute Gasteiger partial charge is 0.119 e. The van der Waals surface area contributed by atoms with Gasteiger partial charge in [0.05, 0.1) is 6.10 Å². The van der Waals surface area contributed by atoms with Crippen LogP contribution in [0.2, 0.25) is 0 Å². The van der Waals surface area contributed by atoms with Gasteiger partial charge in [-0.05, 0) is 48.7 Å². The molecule has 2 aromatic rings. The summed E-state index contributed by atoms with van der Waals surface area (Å²) < 4.78 is 0. The Kier molecular flexibility index (Phi) is 7.35. The first kappa shape index (κ1) is 19.3. The van der Waals surface area contributed by atoms with Gasteiger partial charge in [0.25, 0.3) is 0 Å². The number of aliphatic hydroxyl groups is 1. The molecule has 0 saturated carbocycles. The quantitative estimate of drug-likeness (QED) is 0.528. The largest absolute Gasteiger partial charge is 0.508 e. The van der Waals surface area contributed by atoms with Crippen LogP contribution in [-0.2, 0) is 6.42 Å². The first-order chi connectivity index (χ1) is 10.4. The number of aromatic hydroxyl groups is 3. The predicted molar refractivity (Wildman–Crippen MR) is 94.3 cm³/mol. The second-order valence-corrected chi connectivity index (χ2v) is 5.48. The van der Waals surface area contributed by atoms with Gasteiger partial charge in [0.15, 0.2) is 0 Å². The van der Waals surface area contributed by atoms with Crippen molar-refractivity contribution in [3.63, 3.8) is 0 Å². The van der Waals surface area contributed by atoms with Gasteiger partial charge in [-0.3, -0.25) is 0 Å². The van der Waals surface area contributed by atoms with E-state index in [0.717, 1.165) is 12.0 Å². The fraction of sp³-hybridized carbons (Fsp3) is 0.294. The van der Waals surface area contributed by atoms with Crippen molar-refractivity contribution in [2.45, 2.75) is 25.5 Å². The standard InChI is InChI=1S/C17H21NO4.BrH/c1-11(6-12-2-4-14(19)5-3-12)18-10-17(22)13-7-15(20)9-16(21)8-13;/h2-5,7-9,11,17-22H,6,10H2,1H3;1H. The van der Waals surface area contributed by atoms with Crippen LogP contribution in [0.4, 0.5) is 0 Å². The number of phenols is 3. The third-order valence-corrected chi connectivity index (χ3v) is 3.45. The van der Waals surface area contributed by atoms with Gasteiger partial charge in [-0.2, -0.15) is 0 Å². The average molecular weight is 384 g/mol. The summed E-state index contributed by atoms with van der Waals surface area (Å²) in [6.45, 7) is 2.31. The van der Waals surface area contributed by atoms with E-state index >= 15 is 0 Å².